The Hall–Kier alpha value is -1.71. The molecule has 2 rings (SSSR count). The number of rotatable bonds is 3. The van der Waals surface area contributed by atoms with Crippen molar-refractivity contribution in [2.45, 2.75) is 13.5 Å². The Kier molecular flexibility index (Phi) is 2.49. The Morgan fingerprint density at radius 2 is 2.13 bits per heavy atom. The Bertz CT molecular complexity index is 453. The first kappa shape index (κ1) is 9.83. The van der Waals surface area contributed by atoms with E-state index < -0.39 is 0 Å². The van der Waals surface area contributed by atoms with Crippen molar-refractivity contribution < 1.29 is 0 Å². The van der Waals surface area contributed by atoms with Crippen LogP contribution in [0.1, 0.15) is 11.3 Å². The average molecular weight is 204 g/mol. The van der Waals surface area contributed by atoms with Gasteiger partial charge in [0.05, 0.1) is 11.4 Å². The van der Waals surface area contributed by atoms with Crippen LogP contribution >= 0.6 is 0 Å². The third-order valence-electron chi connectivity index (χ3n) is 2.39. The molecule has 2 heterocycles. The number of nitrogens with one attached hydrogen (secondary N) is 1. The highest BCUT2D eigenvalue weighted by atomic mass is 15.3. The van der Waals surface area contributed by atoms with E-state index in [9.17, 15) is 0 Å². The molecule has 0 saturated carbocycles. The Morgan fingerprint density at radius 1 is 1.33 bits per heavy atom. The predicted molar refractivity (Wildman–Crippen MR) is 60.7 cm³/mol. The minimum atomic E-state index is 0.841. The molecular weight excluding hydrogens is 188 g/mol. The molecule has 0 aliphatic rings. The molecule has 4 nitrogen and oxygen atoms in total. The number of nitrogens with zero attached hydrogens (tertiary/aromatic N) is 3. The largest absolute Gasteiger partial charge is 0.378 e. The van der Waals surface area contributed by atoms with Crippen molar-refractivity contribution in [3.05, 3.63) is 35.9 Å². The van der Waals surface area contributed by atoms with Gasteiger partial charge in [-0.15, -0.1) is 0 Å². The maximum Gasteiger partial charge on any atom is 0.0825 e. The van der Waals surface area contributed by atoms with Gasteiger partial charge in [0.1, 0.15) is 0 Å². The van der Waals surface area contributed by atoms with E-state index in [2.05, 4.69) is 22.7 Å². The molecule has 0 saturated heterocycles. The first-order chi connectivity index (χ1) is 7.15. The van der Waals surface area contributed by atoms with Gasteiger partial charge in [0.15, 0.2) is 0 Å². The highest BCUT2D eigenvalue weighted by Crippen LogP contribution is 2.12. The summed E-state index contributed by atoms with van der Waals surface area (Å²) in [5.74, 6) is 0. The number of aryl methyl sites for hydroxylation is 3. The molecule has 0 aromatic carbocycles. The monoisotopic (exact) mass is 204 g/mol. The molecule has 0 aliphatic heterocycles. The zero-order chi connectivity index (χ0) is 10.8. The quantitative estimate of drug-likeness (QED) is 0.825. The van der Waals surface area contributed by atoms with Crippen LogP contribution < -0.4 is 5.32 Å². The van der Waals surface area contributed by atoms with E-state index in [1.165, 1.54) is 5.56 Å². The predicted octanol–water partition coefficient (Wildman–Crippen LogP) is 1.68. The summed E-state index contributed by atoms with van der Waals surface area (Å²) in [6.45, 7) is 2.85. The van der Waals surface area contributed by atoms with Crippen LogP contribution in [0.3, 0.4) is 0 Å². The fourth-order valence-electron chi connectivity index (χ4n) is 1.64. The van der Waals surface area contributed by atoms with Gasteiger partial charge >= 0.3 is 0 Å². The molecule has 0 unspecified atom stereocenters. The first-order valence-electron chi connectivity index (χ1n) is 5.00. The van der Waals surface area contributed by atoms with Crippen LogP contribution in [0, 0.1) is 6.92 Å². The highest BCUT2D eigenvalue weighted by Gasteiger charge is 2.02. The standard InChI is InChI=1S/C11H16N4/c1-9-11(8-15(3)13-9)12-6-10-4-5-14(2)7-10/h4-5,7-8,12H,6H2,1-3H3. The lowest BCUT2D eigenvalue weighted by molar-refractivity contribution is 0.756. The number of hydrogen-bond donors (Lipinski definition) is 1. The molecule has 0 atom stereocenters. The van der Waals surface area contributed by atoms with Gasteiger partial charge in [-0.1, -0.05) is 0 Å². The number of hydrogen-bond acceptors (Lipinski definition) is 2. The van der Waals surface area contributed by atoms with Crippen molar-refractivity contribution >= 4 is 5.69 Å². The Morgan fingerprint density at radius 3 is 2.67 bits per heavy atom. The molecule has 0 spiro atoms. The van der Waals surface area contributed by atoms with Crippen molar-refractivity contribution in [3.63, 3.8) is 0 Å². The normalized spacial score (nSPS) is 10.6. The zero-order valence-corrected chi connectivity index (χ0v) is 9.36. The van der Waals surface area contributed by atoms with Crippen LogP contribution in [0.5, 0.6) is 0 Å². The maximum atomic E-state index is 4.28. The number of aromatic nitrogens is 3. The van der Waals surface area contributed by atoms with Crippen LogP contribution in [0.15, 0.2) is 24.7 Å². The molecule has 0 radical (unpaired) electrons. The second-order valence-corrected chi connectivity index (χ2v) is 3.84. The third kappa shape index (κ3) is 2.21. The molecule has 4 heteroatoms. The molecule has 2 aromatic rings. The van der Waals surface area contributed by atoms with Crippen molar-refractivity contribution in [3.8, 4) is 0 Å². The lowest BCUT2D eigenvalue weighted by Gasteiger charge is -2.01. The van der Waals surface area contributed by atoms with Gasteiger partial charge in [-0.2, -0.15) is 5.10 Å². The summed E-state index contributed by atoms with van der Waals surface area (Å²) in [7, 11) is 3.96. The second kappa shape index (κ2) is 3.81. The second-order valence-electron chi connectivity index (χ2n) is 3.84. The van der Waals surface area contributed by atoms with E-state index in [4.69, 9.17) is 0 Å². The summed E-state index contributed by atoms with van der Waals surface area (Å²) in [4.78, 5) is 0. The Balaban J connectivity index is 2.01. The van der Waals surface area contributed by atoms with Gasteiger partial charge < -0.3 is 9.88 Å². The fraction of sp³-hybridized carbons (Fsp3) is 0.364. The first-order valence-corrected chi connectivity index (χ1v) is 5.00. The molecule has 80 valence electrons. The fourth-order valence-corrected chi connectivity index (χ4v) is 1.64. The third-order valence-corrected chi connectivity index (χ3v) is 2.39. The van der Waals surface area contributed by atoms with Gasteiger partial charge in [-0.3, -0.25) is 4.68 Å². The van der Waals surface area contributed by atoms with Crippen molar-refractivity contribution in [2.75, 3.05) is 5.32 Å². The topological polar surface area (TPSA) is 34.8 Å². The number of anilines is 1. The van der Waals surface area contributed by atoms with Gasteiger partial charge in [0, 0.05) is 39.2 Å². The van der Waals surface area contributed by atoms with Crippen LogP contribution in [-0.4, -0.2) is 14.3 Å². The van der Waals surface area contributed by atoms with Crippen molar-refractivity contribution in [1.29, 1.82) is 0 Å². The minimum Gasteiger partial charge on any atom is -0.378 e. The molecule has 0 amide bonds. The summed E-state index contributed by atoms with van der Waals surface area (Å²) in [5, 5.41) is 7.64. The van der Waals surface area contributed by atoms with Gasteiger partial charge in [0.25, 0.3) is 0 Å². The summed E-state index contributed by atoms with van der Waals surface area (Å²) in [6.07, 6.45) is 6.16. The van der Waals surface area contributed by atoms with E-state index in [-0.39, 0.29) is 0 Å². The summed E-state index contributed by atoms with van der Waals surface area (Å²) < 4.78 is 3.87. The molecule has 0 bridgehead atoms. The lowest BCUT2D eigenvalue weighted by atomic mass is 10.3. The molecule has 1 N–H and O–H groups in total. The van der Waals surface area contributed by atoms with Crippen molar-refractivity contribution in [1.82, 2.24) is 14.3 Å². The zero-order valence-electron chi connectivity index (χ0n) is 9.36. The van der Waals surface area contributed by atoms with Crippen LogP contribution in [0.2, 0.25) is 0 Å². The molecular formula is C11H16N4. The van der Waals surface area contributed by atoms with Gasteiger partial charge in [0.2, 0.25) is 0 Å². The summed E-state index contributed by atoms with van der Waals surface area (Å²) in [6, 6.07) is 2.11. The SMILES string of the molecule is Cc1nn(C)cc1NCc1ccn(C)c1. The van der Waals surface area contributed by atoms with Crippen LogP contribution in [0.4, 0.5) is 5.69 Å². The van der Waals surface area contributed by atoms with E-state index in [1.807, 2.05) is 42.7 Å². The molecule has 15 heavy (non-hydrogen) atoms. The van der Waals surface area contributed by atoms with E-state index in [0.717, 1.165) is 17.9 Å². The van der Waals surface area contributed by atoms with Gasteiger partial charge in [-0.25, -0.2) is 0 Å². The lowest BCUT2D eigenvalue weighted by Crippen LogP contribution is -1.98. The van der Waals surface area contributed by atoms with E-state index >= 15 is 0 Å². The van der Waals surface area contributed by atoms with Crippen LogP contribution in [-0.2, 0) is 20.6 Å². The van der Waals surface area contributed by atoms with Crippen molar-refractivity contribution in [2.24, 2.45) is 14.1 Å². The average Bonchev–Trinajstić information content (AvgIpc) is 2.70. The summed E-state index contributed by atoms with van der Waals surface area (Å²) >= 11 is 0. The van der Waals surface area contributed by atoms with Gasteiger partial charge in [-0.05, 0) is 18.6 Å². The Labute approximate surface area is 89.5 Å². The van der Waals surface area contributed by atoms with E-state index in [0.29, 0.717) is 0 Å². The molecule has 0 aliphatic carbocycles. The minimum absolute atomic E-state index is 0.841. The smallest absolute Gasteiger partial charge is 0.0825 e. The molecule has 0 fully saturated rings. The maximum absolute atomic E-state index is 4.28. The van der Waals surface area contributed by atoms with Crippen LogP contribution in [0.25, 0.3) is 0 Å². The summed E-state index contributed by atoms with van der Waals surface area (Å²) in [5.41, 5.74) is 3.41. The molecule has 2 aromatic heterocycles. The highest BCUT2D eigenvalue weighted by molar-refractivity contribution is 5.45. The van der Waals surface area contributed by atoms with E-state index in [1.54, 1.807) is 0 Å².